The zero-order valence-electron chi connectivity index (χ0n) is 18.7. The molecule has 1 amide bonds. The number of hydrogen-bond donors (Lipinski definition) is 1. The van der Waals surface area contributed by atoms with E-state index in [0.717, 1.165) is 23.2 Å². The summed E-state index contributed by atoms with van der Waals surface area (Å²) in [7, 11) is -0.0649. The predicted octanol–water partition coefficient (Wildman–Crippen LogP) is 3.14. The molecule has 1 atom stereocenters. The van der Waals surface area contributed by atoms with Crippen molar-refractivity contribution in [3.8, 4) is 22.8 Å². The number of aromatic nitrogens is 2. The fraction of sp³-hybridized carbons (Fsp3) is 0.261. The number of benzene rings is 1. The molecular weight excluding hydrogens is 444 g/mol. The van der Waals surface area contributed by atoms with Crippen LogP contribution in [0, 0.1) is 0 Å². The maximum atomic E-state index is 12.7. The summed E-state index contributed by atoms with van der Waals surface area (Å²) in [5.74, 6) is 1.13. The molecule has 2 aromatic heterocycles. The summed E-state index contributed by atoms with van der Waals surface area (Å²) >= 11 is 0. The zero-order valence-corrected chi connectivity index (χ0v) is 19.5. The number of nitrogens with one attached hydrogen (secondary N) is 1. The van der Waals surface area contributed by atoms with Crippen LogP contribution < -0.4 is 4.74 Å². The van der Waals surface area contributed by atoms with E-state index < -0.39 is 9.84 Å². The molecule has 3 heterocycles. The molecule has 1 aromatic carbocycles. The van der Waals surface area contributed by atoms with Crippen LogP contribution in [0.4, 0.5) is 0 Å². The van der Waals surface area contributed by atoms with Gasteiger partial charge in [0.15, 0.2) is 14.9 Å². The highest BCUT2D eigenvalue weighted by Gasteiger charge is 2.19. The number of rotatable bonds is 6. The van der Waals surface area contributed by atoms with E-state index in [1.165, 1.54) is 23.2 Å². The number of ether oxygens (including phenoxy) is 2. The summed E-state index contributed by atoms with van der Waals surface area (Å²) in [5, 5.41) is -0.0441. The van der Waals surface area contributed by atoms with Gasteiger partial charge in [0, 0.05) is 37.2 Å². The van der Waals surface area contributed by atoms with Crippen molar-refractivity contribution in [2.45, 2.75) is 18.0 Å². The lowest BCUT2D eigenvalue weighted by Gasteiger charge is -2.14. The van der Waals surface area contributed by atoms with Gasteiger partial charge < -0.3 is 19.4 Å². The first-order chi connectivity index (χ1) is 15.6. The van der Waals surface area contributed by atoms with Gasteiger partial charge in [-0.2, -0.15) is 0 Å². The summed E-state index contributed by atoms with van der Waals surface area (Å²) in [4.78, 5) is 25.9. The third kappa shape index (κ3) is 5.06. The van der Waals surface area contributed by atoms with Crippen molar-refractivity contribution in [3.63, 3.8) is 0 Å². The van der Waals surface area contributed by atoms with Crippen LogP contribution in [0.15, 0.2) is 58.7 Å². The van der Waals surface area contributed by atoms with Crippen molar-refractivity contribution in [3.05, 3.63) is 59.9 Å². The minimum atomic E-state index is -3.41. The number of aliphatic imine (C=N–C) groups is 1. The topological polar surface area (TPSA) is 114 Å². The number of aromatic amines is 1. The Morgan fingerprint density at radius 3 is 2.48 bits per heavy atom. The van der Waals surface area contributed by atoms with Crippen molar-refractivity contribution in [2.75, 3.05) is 27.0 Å². The lowest BCUT2D eigenvalue weighted by Crippen LogP contribution is -2.21. The van der Waals surface area contributed by atoms with Gasteiger partial charge in [0.1, 0.15) is 23.8 Å². The second-order valence-electron chi connectivity index (χ2n) is 8.03. The van der Waals surface area contributed by atoms with Crippen molar-refractivity contribution in [1.29, 1.82) is 0 Å². The van der Waals surface area contributed by atoms with Gasteiger partial charge in [-0.05, 0) is 49.4 Å². The summed E-state index contributed by atoms with van der Waals surface area (Å²) in [6.07, 6.45) is 2.42. The van der Waals surface area contributed by atoms with Crippen LogP contribution in [0.25, 0.3) is 11.3 Å². The van der Waals surface area contributed by atoms with E-state index in [9.17, 15) is 13.2 Å². The normalized spacial score (nSPS) is 15.6. The first-order valence-corrected chi connectivity index (χ1v) is 12.1. The van der Waals surface area contributed by atoms with Crippen molar-refractivity contribution in [2.24, 2.45) is 4.99 Å². The highest BCUT2D eigenvalue weighted by molar-refractivity contribution is 7.90. The molecule has 0 unspecified atom stereocenters. The average molecular weight is 469 g/mol. The standard InChI is InChI=1S/C23H24N4O5S/c1-14-13-31-22(25-14)20-7-6-19(26-20)15-9-16(23(28)27(2)3)11-18(10-15)32-17-5-8-21(24-12-17)33(4,29)30/h5-12,14,26H,13H2,1-4H3/t14-/m1/s1. The second-order valence-corrected chi connectivity index (χ2v) is 9.99. The van der Waals surface area contributed by atoms with Gasteiger partial charge >= 0.3 is 0 Å². The monoisotopic (exact) mass is 468 g/mol. The first kappa shape index (κ1) is 22.5. The Hall–Kier alpha value is -3.66. The molecular formula is C23H24N4O5S. The van der Waals surface area contributed by atoms with Gasteiger partial charge in [-0.1, -0.05) is 0 Å². The first-order valence-electron chi connectivity index (χ1n) is 10.2. The fourth-order valence-corrected chi connectivity index (χ4v) is 3.85. The summed E-state index contributed by atoms with van der Waals surface area (Å²) in [6, 6.07) is 12.0. The number of carbonyl (C=O) groups is 1. The highest BCUT2D eigenvalue weighted by atomic mass is 32.2. The van der Waals surface area contributed by atoms with Crippen LogP contribution >= 0.6 is 0 Å². The Labute approximate surface area is 192 Å². The Morgan fingerprint density at radius 2 is 1.88 bits per heavy atom. The summed E-state index contributed by atoms with van der Waals surface area (Å²) < 4.78 is 34.8. The minimum absolute atomic E-state index is 0.0441. The van der Waals surface area contributed by atoms with Gasteiger partial charge in [-0.3, -0.25) is 4.79 Å². The van der Waals surface area contributed by atoms with E-state index in [-0.39, 0.29) is 17.0 Å². The molecule has 0 spiro atoms. The molecule has 33 heavy (non-hydrogen) atoms. The third-order valence-electron chi connectivity index (χ3n) is 4.91. The van der Waals surface area contributed by atoms with E-state index in [2.05, 4.69) is 15.0 Å². The highest BCUT2D eigenvalue weighted by Crippen LogP contribution is 2.30. The van der Waals surface area contributed by atoms with Crippen LogP contribution in [0.1, 0.15) is 23.0 Å². The van der Waals surface area contributed by atoms with E-state index in [1.54, 1.807) is 32.3 Å². The molecule has 9 nitrogen and oxygen atoms in total. The maximum Gasteiger partial charge on any atom is 0.253 e. The van der Waals surface area contributed by atoms with Crippen molar-refractivity contribution < 1.29 is 22.7 Å². The quantitative estimate of drug-likeness (QED) is 0.595. The molecule has 0 saturated heterocycles. The van der Waals surface area contributed by atoms with Crippen LogP contribution in [0.2, 0.25) is 0 Å². The molecule has 172 valence electrons. The molecule has 3 aromatic rings. The predicted molar refractivity (Wildman–Crippen MR) is 124 cm³/mol. The number of carbonyl (C=O) groups excluding carboxylic acids is 1. The summed E-state index contributed by atoms with van der Waals surface area (Å²) in [6.45, 7) is 2.52. The summed E-state index contributed by atoms with van der Waals surface area (Å²) in [5.41, 5.74) is 2.69. The maximum absolute atomic E-state index is 12.7. The van der Waals surface area contributed by atoms with E-state index in [1.807, 2.05) is 19.1 Å². The number of hydrogen-bond acceptors (Lipinski definition) is 7. The molecule has 1 aliphatic heterocycles. The van der Waals surface area contributed by atoms with Gasteiger partial charge in [-0.15, -0.1) is 0 Å². The molecule has 0 radical (unpaired) electrons. The SMILES string of the molecule is C[C@@H]1COC(c2ccc(-c3cc(Oc4ccc(S(C)(=O)=O)nc4)cc(C(=O)N(C)C)c3)[nH]2)=N1. The average Bonchev–Trinajstić information content (AvgIpc) is 3.42. The molecule has 1 aliphatic rings. The van der Waals surface area contributed by atoms with Crippen LogP contribution in [-0.4, -0.2) is 68.1 Å². The van der Waals surface area contributed by atoms with E-state index in [4.69, 9.17) is 9.47 Å². The third-order valence-corrected chi connectivity index (χ3v) is 5.91. The zero-order chi connectivity index (χ0) is 23.8. The lowest BCUT2D eigenvalue weighted by molar-refractivity contribution is 0.0827. The Kier molecular flexibility index (Phi) is 5.94. The van der Waals surface area contributed by atoms with E-state index >= 15 is 0 Å². The molecule has 0 saturated carbocycles. The largest absolute Gasteiger partial charge is 0.474 e. The fourth-order valence-electron chi connectivity index (χ4n) is 3.29. The van der Waals surface area contributed by atoms with Crippen LogP contribution in [0.5, 0.6) is 11.5 Å². The van der Waals surface area contributed by atoms with Crippen LogP contribution in [-0.2, 0) is 14.6 Å². The van der Waals surface area contributed by atoms with Crippen molar-refractivity contribution in [1.82, 2.24) is 14.9 Å². The number of nitrogens with zero attached hydrogens (tertiary/aromatic N) is 3. The van der Waals surface area contributed by atoms with Crippen molar-refractivity contribution >= 4 is 21.6 Å². The number of amides is 1. The van der Waals surface area contributed by atoms with E-state index in [0.29, 0.717) is 29.6 Å². The van der Waals surface area contributed by atoms with Gasteiger partial charge in [0.2, 0.25) is 5.90 Å². The number of pyridine rings is 1. The Balaban J connectivity index is 1.69. The molecule has 0 bridgehead atoms. The number of sulfone groups is 1. The second kappa shape index (κ2) is 8.70. The molecule has 10 heteroatoms. The van der Waals surface area contributed by atoms with Crippen LogP contribution in [0.3, 0.4) is 0 Å². The minimum Gasteiger partial charge on any atom is -0.474 e. The molecule has 1 N–H and O–H groups in total. The molecule has 0 aliphatic carbocycles. The number of H-pyrrole nitrogens is 1. The lowest BCUT2D eigenvalue weighted by atomic mass is 10.1. The molecule has 0 fully saturated rings. The van der Waals surface area contributed by atoms with Gasteiger partial charge in [0.25, 0.3) is 5.91 Å². The molecule has 4 rings (SSSR count). The Morgan fingerprint density at radius 1 is 1.12 bits per heavy atom. The Bertz CT molecular complexity index is 1330. The van der Waals surface area contributed by atoms with Gasteiger partial charge in [-0.25, -0.2) is 18.4 Å². The smallest absolute Gasteiger partial charge is 0.253 e. The van der Waals surface area contributed by atoms with Gasteiger partial charge in [0.05, 0.1) is 12.2 Å².